The quantitative estimate of drug-likeness (QED) is 0.804. The number of imidazole rings is 1. The Morgan fingerprint density at radius 2 is 2.09 bits per heavy atom. The van der Waals surface area contributed by atoms with Crippen LogP contribution in [-0.2, 0) is 0 Å². The minimum Gasteiger partial charge on any atom is -0.497 e. The summed E-state index contributed by atoms with van der Waals surface area (Å²) in [6, 6.07) is 10.6. The Hall–Kier alpha value is -3.15. The summed E-state index contributed by atoms with van der Waals surface area (Å²) < 4.78 is 6.99. The molecule has 0 unspecified atom stereocenters. The molecule has 1 amide bonds. The number of aromatic nitrogens is 3. The number of rotatable bonds is 4. The molecular weight excluding hydrogens is 292 g/mol. The first-order valence-electron chi connectivity index (χ1n) is 7.09. The number of hydrogen-bond donors (Lipinski definition) is 1. The summed E-state index contributed by atoms with van der Waals surface area (Å²) in [6.45, 7) is 1.90. The van der Waals surface area contributed by atoms with Gasteiger partial charge in [-0.1, -0.05) is 6.07 Å². The number of nitrogens with one attached hydrogen (secondary N) is 1. The summed E-state index contributed by atoms with van der Waals surface area (Å²) in [6.07, 6.45) is 5.18. The molecule has 0 saturated heterocycles. The normalized spacial score (nSPS) is 10.3. The van der Waals surface area contributed by atoms with Crippen LogP contribution in [0.3, 0.4) is 0 Å². The van der Waals surface area contributed by atoms with Crippen LogP contribution in [0.15, 0.2) is 55.0 Å². The molecule has 0 bridgehead atoms. The van der Waals surface area contributed by atoms with Gasteiger partial charge in [-0.15, -0.1) is 0 Å². The third-order valence-corrected chi connectivity index (χ3v) is 3.41. The molecule has 23 heavy (non-hydrogen) atoms. The van der Waals surface area contributed by atoms with Crippen LogP contribution < -0.4 is 10.1 Å². The van der Waals surface area contributed by atoms with E-state index in [1.165, 1.54) is 0 Å². The van der Waals surface area contributed by atoms with Gasteiger partial charge in [-0.2, -0.15) is 0 Å². The van der Waals surface area contributed by atoms with E-state index in [4.69, 9.17) is 4.74 Å². The molecule has 0 atom stereocenters. The van der Waals surface area contributed by atoms with Crippen LogP contribution in [0.4, 0.5) is 5.69 Å². The molecule has 3 rings (SSSR count). The summed E-state index contributed by atoms with van der Waals surface area (Å²) in [5.41, 5.74) is 1.15. The van der Waals surface area contributed by atoms with Crippen molar-refractivity contribution in [2.75, 3.05) is 12.4 Å². The second-order valence-corrected chi connectivity index (χ2v) is 4.94. The molecule has 0 radical (unpaired) electrons. The molecule has 0 saturated carbocycles. The zero-order valence-corrected chi connectivity index (χ0v) is 12.9. The maximum atomic E-state index is 12.2. The Kier molecular flexibility index (Phi) is 4.05. The fourth-order valence-electron chi connectivity index (χ4n) is 2.19. The molecule has 0 fully saturated rings. The van der Waals surface area contributed by atoms with Gasteiger partial charge >= 0.3 is 0 Å². The third-order valence-electron chi connectivity index (χ3n) is 3.41. The van der Waals surface area contributed by atoms with Gasteiger partial charge in [0.25, 0.3) is 5.91 Å². The Balaban J connectivity index is 1.75. The van der Waals surface area contributed by atoms with Crippen LogP contribution in [0.1, 0.15) is 16.2 Å². The van der Waals surface area contributed by atoms with Gasteiger partial charge in [0.05, 0.1) is 19.0 Å². The largest absolute Gasteiger partial charge is 0.497 e. The van der Waals surface area contributed by atoms with Gasteiger partial charge < -0.3 is 10.1 Å². The minimum absolute atomic E-state index is 0.211. The number of hydrogen-bond acceptors (Lipinski definition) is 4. The van der Waals surface area contributed by atoms with Crippen molar-refractivity contribution in [2.24, 2.45) is 0 Å². The lowest BCUT2D eigenvalue weighted by molar-refractivity contribution is 0.102. The molecule has 6 heteroatoms. The van der Waals surface area contributed by atoms with Gasteiger partial charge in [-0.25, -0.2) is 9.97 Å². The number of amides is 1. The van der Waals surface area contributed by atoms with Crippen molar-refractivity contribution in [3.63, 3.8) is 0 Å². The van der Waals surface area contributed by atoms with Crippen LogP contribution in [0, 0.1) is 6.92 Å². The first-order valence-corrected chi connectivity index (χ1v) is 7.09. The first-order chi connectivity index (χ1) is 11.2. The fraction of sp³-hybridized carbons (Fsp3) is 0.118. The first kappa shape index (κ1) is 14.8. The van der Waals surface area contributed by atoms with Crippen molar-refractivity contribution >= 4 is 11.6 Å². The predicted octanol–water partition coefficient (Wildman–Crippen LogP) is 2.84. The predicted molar refractivity (Wildman–Crippen MR) is 87.0 cm³/mol. The number of carbonyl (C=O) groups is 1. The van der Waals surface area contributed by atoms with Gasteiger partial charge in [0.1, 0.15) is 17.4 Å². The molecule has 1 N–H and O–H groups in total. The van der Waals surface area contributed by atoms with Crippen LogP contribution in [0.25, 0.3) is 5.82 Å². The summed E-state index contributed by atoms with van der Waals surface area (Å²) >= 11 is 0. The van der Waals surface area contributed by atoms with Crippen molar-refractivity contribution in [3.8, 4) is 11.6 Å². The van der Waals surface area contributed by atoms with Crippen LogP contribution in [-0.4, -0.2) is 27.6 Å². The number of nitrogens with zero attached hydrogens (tertiary/aromatic N) is 3. The van der Waals surface area contributed by atoms with E-state index in [1.54, 1.807) is 49.8 Å². The summed E-state index contributed by atoms with van der Waals surface area (Å²) in [4.78, 5) is 20.7. The monoisotopic (exact) mass is 308 g/mol. The van der Waals surface area contributed by atoms with Crippen molar-refractivity contribution in [1.29, 1.82) is 0 Å². The lowest BCUT2D eigenvalue weighted by atomic mass is 10.2. The highest BCUT2D eigenvalue weighted by molar-refractivity contribution is 6.04. The minimum atomic E-state index is -0.211. The molecule has 2 heterocycles. The van der Waals surface area contributed by atoms with Crippen molar-refractivity contribution in [1.82, 2.24) is 14.5 Å². The Bertz CT molecular complexity index is 825. The van der Waals surface area contributed by atoms with Gasteiger partial charge in [-0.3, -0.25) is 9.36 Å². The van der Waals surface area contributed by atoms with E-state index >= 15 is 0 Å². The van der Waals surface area contributed by atoms with Gasteiger partial charge in [0.15, 0.2) is 0 Å². The highest BCUT2D eigenvalue weighted by Gasteiger charge is 2.08. The number of methoxy groups -OCH3 is 1. The molecule has 2 aromatic heterocycles. The lowest BCUT2D eigenvalue weighted by Gasteiger charge is -2.08. The van der Waals surface area contributed by atoms with Gasteiger partial charge in [0.2, 0.25) is 0 Å². The number of carbonyl (C=O) groups excluding carboxylic acids is 1. The second-order valence-electron chi connectivity index (χ2n) is 4.94. The molecule has 0 aliphatic heterocycles. The standard InChI is InChI=1S/C17H16N4O2/c1-12-18-8-9-21(12)16-7-6-14(11-19-16)20-17(22)13-4-3-5-15(10-13)23-2/h3-11H,1-2H3,(H,20,22). The van der Waals surface area contributed by atoms with Crippen LogP contribution in [0.2, 0.25) is 0 Å². The van der Waals surface area contributed by atoms with Crippen molar-refractivity contribution in [3.05, 3.63) is 66.4 Å². The molecule has 0 aliphatic rings. The van der Waals surface area contributed by atoms with E-state index in [0.717, 1.165) is 11.6 Å². The average molecular weight is 308 g/mol. The molecule has 6 nitrogen and oxygen atoms in total. The Morgan fingerprint density at radius 1 is 1.22 bits per heavy atom. The number of ether oxygens (including phenoxy) is 1. The van der Waals surface area contributed by atoms with E-state index in [1.807, 2.05) is 23.8 Å². The number of benzene rings is 1. The summed E-state index contributed by atoms with van der Waals surface area (Å²) in [5.74, 6) is 2.03. The smallest absolute Gasteiger partial charge is 0.255 e. The summed E-state index contributed by atoms with van der Waals surface area (Å²) in [7, 11) is 1.57. The highest BCUT2D eigenvalue weighted by Crippen LogP contribution is 2.15. The molecule has 1 aromatic carbocycles. The zero-order valence-electron chi connectivity index (χ0n) is 12.9. The van der Waals surface area contributed by atoms with E-state index in [-0.39, 0.29) is 5.91 Å². The van der Waals surface area contributed by atoms with E-state index in [2.05, 4.69) is 15.3 Å². The van der Waals surface area contributed by atoms with Gasteiger partial charge in [-0.05, 0) is 37.3 Å². The molecule has 0 spiro atoms. The molecule has 116 valence electrons. The fourth-order valence-corrected chi connectivity index (χ4v) is 2.19. The van der Waals surface area contributed by atoms with E-state index in [9.17, 15) is 4.79 Å². The zero-order chi connectivity index (χ0) is 16.2. The molecular formula is C17H16N4O2. The molecule has 0 aliphatic carbocycles. The number of pyridine rings is 1. The van der Waals surface area contributed by atoms with Crippen molar-refractivity contribution < 1.29 is 9.53 Å². The van der Waals surface area contributed by atoms with Crippen LogP contribution in [0.5, 0.6) is 5.75 Å². The Labute approximate surface area is 133 Å². The number of aryl methyl sites for hydroxylation is 1. The van der Waals surface area contributed by atoms with Gasteiger partial charge in [0, 0.05) is 18.0 Å². The van der Waals surface area contributed by atoms with E-state index < -0.39 is 0 Å². The maximum absolute atomic E-state index is 12.2. The topological polar surface area (TPSA) is 69.0 Å². The SMILES string of the molecule is COc1cccc(C(=O)Nc2ccc(-n3ccnc3C)nc2)c1. The maximum Gasteiger partial charge on any atom is 0.255 e. The second kappa shape index (κ2) is 6.31. The third kappa shape index (κ3) is 3.21. The molecule has 3 aromatic rings. The number of anilines is 1. The van der Waals surface area contributed by atoms with Crippen molar-refractivity contribution in [2.45, 2.75) is 6.92 Å². The average Bonchev–Trinajstić information content (AvgIpc) is 3.01. The van der Waals surface area contributed by atoms with Crippen LogP contribution >= 0.6 is 0 Å². The summed E-state index contributed by atoms with van der Waals surface area (Å²) in [5, 5.41) is 2.81. The Morgan fingerprint density at radius 3 is 2.74 bits per heavy atom. The highest BCUT2D eigenvalue weighted by atomic mass is 16.5. The lowest BCUT2D eigenvalue weighted by Crippen LogP contribution is -2.12. The van der Waals surface area contributed by atoms with E-state index in [0.29, 0.717) is 17.0 Å².